The molecule has 23 heavy (non-hydrogen) atoms. The highest BCUT2D eigenvalue weighted by atomic mass is 16.7. The second kappa shape index (κ2) is 10.7. The summed E-state index contributed by atoms with van der Waals surface area (Å²) < 4.78 is 23.4. The molecular weight excluding hydrogens is 292 g/mol. The molecule has 0 aromatic carbocycles. The van der Waals surface area contributed by atoms with E-state index in [9.17, 15) is 0 Å². The van der Waals surface area contributed by atoms with Gasteiger partial charge in [0.05, 0.1) is 13.2 Å². The number of ether oxygens (including phenoxy) is 4. The summed E-state index contributed by atoms with van der Waals surface area (Å²) >= 11 is 0. The van der Waals surface area contributed by atoms with Gasteiger partial charge in [0.15, 0.2) is 5.79 Å². The maximum Gasteiger partial charge on any atom is 0.196 e. The van der Waals surface area contributed by atoms with Crippen LogP contribution >= 0.6 is 0 Å². The zero-order valence-electron chi connectivity index (χ0n) is 16.0. The molecule has 0 aliphatic carbocycles. The fourth-order valence-corrected chi connectivity index (χ4v) is 3.59. The first kappa shape index (κ1) is 20.9. The summed E-state index contributed by atoms with van der Waals surface area (Å²) in [6.45, 7) is 7.99. The number of unbranched alkanes of at least 4 members (excludes halogenated alkanes) is 5. The van der Waals surface area contributed by atoms with Gasteiger partial charge in [0.1, 0.15) is 11.7 Å². The van der Waals surface area contributed by atoms with Crippen molar-refractivity contribution in [2.75, 3.05) is 27.4 Å². The molecule has 1 fully saturated rings. The molecule has 1 heterocycles. The number of hydrogen-bond donors (Lipinski definition) is 0. The van der Waals surface area contributed by atoms with Crippen LogP contribution in [0.2, 0.25) is 0 Å². The van der Waals surface area contributed by atoms with Crippen molar-refractivity contribution in [3.05, 3.63) is 0 Å². The summed E-state index contributed by atoms with van der Waals surface area (Å²) in [6, 6.07) is 0. The Labute approximate surface area is 143 Å². The van der Waals surface area contributed by atoms with Gasteiger partial charge in [-0.1, -0.05) is 59.3 Å². The van der Waals surface area contributed by atoms with Crippen molar-refractivity contribution in [1.82, 2.24) is 0 Å². The third kappa shape index (κ3) is 5.70. The Hall–Kier alpha value is -0.160. The third-order valence-corrected chi connectivity index (χ3v) is 5.27. The molecule has 1 rings (SSSR count). The summed E-state index contributed by atoms with van der Waals surface area (Å²) in [6.07, 6.45) is 10.5. The summed E-state index contributed by atoms with van der Waals surface area (Å²) in [5.74, 6) is -0.680. The molecule has 1 saturated heterocycles. The predicted octanol–water partition coefficient (Wildman–Crippen LogP) is 4.70. The fourth-order valence-electron chi connectivity index (χ4n) is 3.59. The molecular formula is C19H38O4. The molecule has 0 radical (unpaired) electrons. The molecule has 0 bridgehead atoms. The maximum atomic E-state index is 6.39. The fraction of sp³-hybridized carbons (Fsp3) is 1.00. The van der Waals surface area contributed by atoms with E-state index in [0.717, 1.165) is 32.3 Å². The van der Waals surface area contributed by atoms with E-state index in [2.05, 4.69) is 20.8 Å². The van der Waals surface area contributed by atoms with Gasteiger partial charge in [0, 0.05) is 20.6 Å². The lowest BCUT2D eigenvalue weighted by Gasteiger charge is -2.47. The highest BCUT2D eigenvalue weighted by Gasteiger charge is 2.51. The van der Waals surface area contributed by atoms with E-state index in [1.54, 1.807) is 14.2 Å². The van der Waals surface area contributed by atoms with Gasteiger partial charge in [-0.3, -0.25) is 0 Å². The smallest absolute Gasteiger partial charge is 0.196 e. The Morgan fingerprint density at radius 2 is 1.52 bits per heavy atom. The molecule has 2 unspecified atom stereocenters. The van der Waals surface area contributed by atoms with Crippen molar-refractivity contribution < 1.29 is 18.9 Å². The minimum Gasteiger partial charge on any atom is -0.371 e. The monoisotopic (exact) mass is 330 g/mol. The van der Waals surface area contributed by atoms with Crippen molar-refractivity contribution in [3.8, 4) is 0 Å². The summed E-state index contributed by atoms with van der Waals surface area (Å²) in [5, 5.41) is 0. The van der Waals surface area contributed by atoms with Gasteiger partial charge in [-0.15, -0.1) is 0 Å². The normalized spacial score (nSPS) is 20.5. The lowest BCUT2D eigenvalue weighted by Crippen LogP contribution is -2.58. The predicted molar refractivity (Wildman–Crippen MR) is 93.7 cm³/mol. The zero-order chi connectivity index (χ0) is 17.2. The van der Waals surface area contributed by atoms with Crippen LogP contribution in [0.25, 0.3) is 0 Å². The SMILES string of the molecule is CCCCCCCCC(CC)(OCC1CO1)C(CC)(OC)OC. The van der Waals surface area contributed by atoms with Crippen LogP contribution in [-0.4, -0.2) is 44.9 Å². The van der Waals surface area contributed by atoms with Crippen LogP contribution in [-0.2, 0) is 18.9 Å². The van der Waals surface area contributed by atoms with Gasteiger partial charge >= 0.3 is 0 Å². The third-order valence-electron chi connectivity index (χ3n) is 5.27. The minimum absolute atomic E-state index is 0.258. The maximum absolute atomic E-state index is 6.39. The second-order valence-electron chi connectivity index (χ2n) is 6.65. The molecule has 2 atom stereocenters. The van der Waals surface area contributed by atoms with Crippen molar-refractivity contribution >= 4 is 0 Å². The summed E-state index contributed by atoms with van der Waals surface area (Å²) in [4.78, 5) is 0. The van der Waals surface area contributed by atoms with E-state index < -0.39 is 11.4 Å². The van der Waals surface area contributed by atoms with E-state index in [1.165, 1.54) is 32.1 Å². The Morgan fingerprint density at radius 3 is 2.00 bits per heavy atom. The molecule has 4 heteroatoms. The molecule has 0 saturated carbocycles. The lowest BCUT2D eigenvalue weighted by molar-refractivity contribution is -0.319. The van der Waals surface area contributed by atoms with Gasteiger partial charge in [-0.25, -0.2) is 0 Å². The number of epoxide rings is 1. The van der Waals surface area contributed by atoms with E-state index in [0.29, 0.717) is 6.61 Å². The first-order valence-electron chi connectivity index (χ1n) is 9.49. The number of methoxy groups -OCH3 is 2. The second-order valence-corrected chi connectivity index (χ2v) is 6.65. The van der Waals surface area contributed by atoms with E-state index >= 15 is 0 Å². The van der Waals surface area contributed by atoms with Crippen molar-refractivity contribution in [2.45, 2.75) is 96.1 Å². The Morgan fingerprint density at radius 1 is 0.913 bits per heavy atom. The molecule has 4 nitrogen and oxygen atoms in total. The van der Waals surface area contributed by atoms with Gasteiger partial charge < -0.3 is 18.9 Å². The molecule has 1 aliphatic rings. The van der Waals surface area contributed by atoms with E-state index in [4.69, 9.17) is 18.9 Å². The van der Waals surface area contributed by atoms with Gasteiger partial charge in [-0.2, -0.15) is 0 Å². The number of rotatable bonds is 15. The van der Waals surface area contributed by atoms with Crippen LogP contribution in [0.5, 0.6) is 0 Å². The largest absolute Gasteiger partial charge is 0.371 e. The van der Waals surface area contributed by atoms with Crippen LogP contribution < -0.4 is 0 Å². The van der Waals surface area contributed by atoms with Crippen LogP contribution in [0.3, 0.4) is 0 Å². The highest BCUT2D eigenvalue weighted by molar-refractivity contribution is 4.95. The molecule has 0 aromatic rings. The molecule has 138 valence electrons. The first-order valence-corrected chi connectivity index (χ1v) is 9.49. The Balaban J connectivity index is 2.68. The zero-order valence-corrected chi connectivity index (χ0v) is 16.0. The minimum atomic E-state index is -0.680. The van der Waals surface area contributed by atoms with E-state index in [-0.39, 0.29) is 6.10 Å². The molecule has 0 N–H and O–H groups in total. The van der Waals surface area contributed by atoms with Gasteiger partial charge in [-0.05, 0) is 12.8 Å². The molecule has 0 amide bonds. The Bertz CT molecular complexity index is 291. The van der Waals surface area contributed by atoms with Gasteiger partial charge in [0.2, 0.25) is 0 Å². The molecule has 0 spiro atoms. The van der Waals surface area contributed by atoms with Crippen molar-refractivity contribution in [3.63, 3.8) is 0 Å². The van der Waals surface area contributed by atoms with Crippen molar-refractivity contribution in [1.29, 1.82) is 0 Å². The van der Waals surface area contributed by atoms with Gasteiger partial charge in [0.25, 0.3) is 0 Å². The quantitative estimate of drug-likeness (QED) is 0.248. The van der Waals surface area contributed by atoms with Crippen LogP contribution in [0, 0.1) is 0 Å². The lowest BCUT2D eigenvalue weighted by atomic mass is 9.82. The average molecular weight is 331 g/mol. The van der Waals surface area contributed by atoms with Crippen LogP contribution in [0.15, 0.2) is 0 Å². The van der Waals surface area contributed by atoms with E-state index in [1.807, 2.05) is 0 Å². The highest BCUT2D eigenvalue weighted by Crippen LogP contribution is 2.41. The summed E-state index contributed by atoms with van der Waals surface area (Å²) in [5.41, 5.74) is -0.401. The first-order chi connectivity index (χ1) is 11.1. The topological polar surface area (TPSA) is 40.2 Å². The number of hydrogen-bond acceptors (Lipinski definition) is 4. The van der Waals surface area contributed by atoms with Crippen LogP contribution in [0.1, 0.15) is 78.6 Å². The average Bonchev–Trinajstić information content (AvgIpc) is 3.41. The summed E-state index contributed by atoms with van der Waals surface area (Å²) in [7, 11) is 3.46. The molecule has 0 aromatic heterocycles. The Kier molecular flexibility index (Phi) is 9.67. The van der Waals surface area contributed by atoms with Crippen molar-refractivity contribution in [2.24, 2.45) is 0 Å². The van der Waals surface area contributed by atoms with Crippen LogP contribution in [0.4, 0.5) is 0 Å². The standard InChI is InChI=1S/C19H38O4/c1-6-9-10-11-12-13-14-18(7-2,23-16-17-15-22-17)19(8-3,20-4)21-5/h17H,6-16H2,1-5H3. The molecule has 1 aliphatic heterocycles.